The first kappa shape index (κ1) is 13.8. The van der Waals surface area contributed by atoms with Crippen LogP contribution >= 0.6 is 0 Å². The molecule has 1 aromatic carbocycles. The number of esters is 1. The Bertz CT molecular complexity index is 452. The van der Waals surface area contributed by atoms with Crippen LogP contribution in [0.2, 0.25) is 0 Å². The molecule has 0 aliphatic carbocycles. The van der Waals surface area contributed by atoms with Crippen molar-refractivity contribution in [3.8, 4) is 11.8 Å². The average Bonchev–Trinajstić information content (AvgIpc) is 2.43. The molecule has 0 saturated carbocycles. The maximum atomic E-state index is 10.9. The van der Waals surface area contributed by atoms with Gasteiger partial charge in [-0.25, -0.2) is 0 Å². The quantitative estimate of drug-likeness (QED) is 0.615. The Hall–Kier alpha value is -2.22. The van der Waals surface area contributed by atoms with Gasteiger partial charge in [-0.3, -0.25) is 4.79 Å². The zero-order valence-corrected chi connectivity index (χ0v) is 10.5. The summed E-state index contributed by atoms with van der Waals surface area (Å²) in [5.74, 6) is 0.399. The molecule has 1 aromatic rings. The lowest BCUT2D eigenvalue weighted by Crippen LogP contribution is -2.07. The zero-order valence-electron chi connectivity index (χ0n) is 10.5. The van der Waals surface area contributed by atoms with E-state index in [-0.39, 0.29) is 5.97 Å². The highest BCUT2D eigenvalue weighted by atomic mass is 16.5. The van der Waals surface area contributed by atoms with Crippen molar-refractivity contribution in [2.45, 2.75) is 12.8 Å². The number of benzene rings is 1. The molecule has 0 amide bonds. The van der Waals surface area contributed by atoms with E-state index in [9.17, 15) is 4.79 Å². The van der Waals surface area contributed by atoms with Gasteiger partial charge in [0.25, 0.3) is 0 Å². The molecule has 0 spiro atoms. The minimum absolute atomic E-state index is 0.219. The molecule has 0 unspecified atom stereocenters. The van der Waals surface area contributed by atoms with E-state index in [4.69, 9.17) is 10.00 Å². The van der Waals surface area contributed by atoms with E-state index >= 15 is 0 Å². The summed E-state index contributed by atoms with van der Waals surface area (Å²) in [6.07, 6.45) is 1.05. The highest BCUT2D eigenvalue weighted by Crippen LogP contribution is 2.25. The molecule has 0 atom stereocenters. The van der Waals surface area contributed by atoms with Crippen LogP contribution in [0.3, 0.4) is 0 Å². The highest BCUT2D eigenvalue weighted by Gasteiger charge is 2.04. The number of carbonyl (C=O) groups excluding carboxylic acids is 1. The Kier molecular flexibility index (Phi) is 5.52. The predicted octanol–water partition coefficient (Wildman–Crippen LogP) is 1.93. The average molecular weight is 248 g/mol. The lowest BCUT2D eigenvalue weighted by Gasteiger charge is -2.10. The van der Waals surface area contributed by atoms with Gasteiger partial charge in [0.2, 0.25) is 0 Å². The summed E-state index contributed by atoms with van der Waals surface area (Å²) in [7, 11) is 2.93. The number of nitriles is 1. The monoisotopic (exact) mass is 248 g/mol. The molecule has 0 aliphatic rings. The molecule has 5 nitrogen and oxygen atoms in total. The predicted molar refractivity (Wildman–Crippen MR) is 67.4 cm³/mol. The van der Waals surface area contributed by atoms with Gasteiger partial charge in [-0.2, -0.15) is 5.26 Å². The second-order valence-corrected chi connectivity index (χ2v) is 3.63. The molecule has 0 heterocycles. The maximum Gasteiger partial charge on any atom is 0.305 e. The van der Waals surface area contributed by atoms with Gasteiger partial charge in [-0.1, -0.05) is 0 Å². The summed E-state index contributed by atoms with van der Waals surface area (Å²) in [6, 6.07) is 7.22. The standard InChI is InChI=1S/C13H16N2O3/c1-17-12-8-10(9-14)5-6-11(12)15-7-3-4-13(16)18-2/h5-6,8,15H,3-4,7H2,1-2H3. The van der Waals surface area contributed by atoms with Crippen LogP contribution in [0.5, 0.6) is 5.75 Å². The molecule has 0 radical (unpaired) electrons. The lowest BCUT2D eigenvalue weighted by atomic mass is 10.2. The fraction of sp³-hybridized carbons (Fsp3) is 0.385. The van der Waals surface area contributed by atoms with Crippen molar-refractivity contribution in [3.05, 3.63) is 23.8 Å². The number of hydrogen-bond acceptors (Lipinski definition) is 5. The van der Waals surface area contributed by atoms with Crippen LogP contribution in [0.25, 0.3) is 0 Å². The Morgan fingerprint density at radius 3 is 2.83 bits per heavy atom. The van der Waals surface area contributed by atoms with E-state index in [0.717, 1.165) is 5.69 Å². The Morgan fingerprint density at radius 1 is 1.44 bits per heavy atom. The molecule has 1 rings (SSSR count). The van der Waals surface area contributed by atoms with Gasteiger partial charge >= 0.3 is 5.97 Å². The first-order valence-electron chi connectivity index (χ1n) is 5.60. The number of hydrogen-bond donors (Lipinski definition) is 1. The van der Waals surface area contributed by atoms with Crippen molar-refractivity contribution >= 4 is 11.7 Å². The summed E-state index contributed by atoms with van der Waals surface area (Å²) >= 11 is 0. The molecule has 5 heteroatoms. The Balaban J connectivity index is 2.52. The second kappa shape index (κ2) is 7.17. The molecule has 0 saturated heterocycles. The third-order valence-electron chi connectivity index (χ3n) is 2.43. The topological polar surface area (TPSA) is 71.3 Å². The number of nitrogens with zero attached hydrogens (tertiary/aromatic N) is 1. The summed E-state index contributed by atoms with van der Waals surface area (Å²) in [6.45, 7) is 0.636. The fourth-order valence-corrected chi connectivity index (χ4v) is 1.46. The van der Waals surface area contributed by atoms with E-state index in [1.165, 1.54) is 7.11 Å². The summed E-state index contributed by atoms with van der Waals surface area (Å²) < 4.78 is 9.73. The molecule has 0 bridgehead atoms. The van der Waals surface area contributed by atoms with Gasteiger partial charge in [0.1, 0.15) is 5.75 Å². The minimum Gasteiger partial charge on any atom is -0.495 e. The van der Waals surface area contributed by atoms with Gasteiger partial charge in [0.15, 0.2) is 0 Å². The molecule has 0 aliphatic heterocycles. The third-order valence-corrected chi connectivity index (χ3v) is 2.43. The van der Waals surface area contributed by atoms with E-state index in [0.29, 0.717) is 30.7 Å². The molecule has 0 fully saturated rings. The van der Waals surface area contributed by atoms with Crippen molar-refractivity contribution in [2.24, 2.45) is 0 Å². The lowest BCUT2D eigenvalue weighted by molar-refractivity contribution is -0.140. The number of carbonyl (C=O) groups is 1. The number of methoxy groups -OCH3 is 2. The van der Waals surface area contributed by atoms with Crippen molar-refractivity contribution in [2.75, 3.05) is 26.1 Å². The summed E-state index contributed by atoms with van der Waals surface area (Å²) in [5.41, 5.74) is 1.35. The van der Waals surface area contributed by atoms with E-state index in [1.807, 2.05) is 6.07 Å². The Morgan fingerprint density at radius 2 is 2.22 bits per heavy atom. The van der Waals surface area contributed by atoms with Crippen LogP contribution in [0, 0.1) is 11.3 Å². The number of rotatable bonds is 6. The van der Waals surface area contributed by atoms with Crippen molar-refractivity contribution in [1.29, 1.82) is 5.26 Å². The maximum absolute atomic E-state index is 10.9. The van der Waals surface area contributed by atoms with Crippen LogP contribution in [-0.4, -0.2) is 26.7 Å². The number of ether oxygens (including phenoxy) is 2. The van der Waals surface area contributed by atoms with Crippen LogP contribution in [0.4, 0.5) is 5.69 Å². The van der Waals surface area contributed by atoms with Crippen molar-refractivity contribution in [1.82, 2.24) is 0 Å². The number of nitrogens with one attached hydrogen (secondary N) is 1. The van der Waals surface area contributed by atoms with Gasteiger partial charge < -0.3 is 14.8 Å². The first-order valence-corrected chi connectivity index (χ1v) is 5.60. The Labute approximate surface area is 106 Å². The van der Waals surface area contributed by atoms with Gasteiger partial charge in [0, 0.05) is 19.0 Å². The molecule has 1 N–H and O–H groups in total. The van der Waals surface area contributed by atoms with Crippen LogP contribution in [0.1, 0.15) is 18.4 Å². The first-order chi connectivity index (χ1) is 8.71. The van der Waals surface area contributed by atoms with Gasteiger partial charge in [-0.15, -0.1) is 0 Å². The van der Waals surface area contributed by atoms with Gasteiger partial charge in [-0.05, 0) is 18.6 Å². The van der Waals surface area contributed by atoms with Gasteiger partial charge in [0.05, 0.1) is 31.5 Å². The van der Waals surface area contributed by atoms with Crippen molar-refractivity contribution in [3.63, 3.8) is 0 Å². The second-order valence-electron chi connectivity index (χ2n) is 3.63. The summed E-state index contributed by atoms with van der Waals surface area (Å²) in [5, 5.41) is 11.9. The fourth-order valence-electron chi connectivity index (χ4n) is 1.46. The van der Waals surface area contributed by atoms with Crippen molar-refractivity contribution < 1.29 is 14.3 Å². The minimum atomic E-state index is -0.219. The normalized spacial score (nSPS) is 9.39. The van der Waals surface area contributed by atoms with Crippen LogP contribution in [0.15, 0.2) is 18.2 Å². The number of anilines is 1. The molecule has 96 valence electrons. The molecule has 0 aromatic heterocycles. The summed E-state index contributed by atoms with van der Waals surface area (Å²) in [4.78, 5) is 10.9. The van der Waals surface area contributed by atoms with E-state index in [1.54, 1.807) is 25.3 Å². The molecular weight excluding hydrogens is 232 g/mol. The largest absolute Gasteiger partial charge is 0.495 e. The smallest absolute Gasteiger partial charge is 0.305 e. The van der Waals surface area contributed by atoms with E-state index < -0.39 is 0 Å². The van der Waals surface area contributed by atoms with Crippen LogP contribution in [-0.2, 0) is 9.53 Å². The van der Waals surface area contributed by atoms with Crippen LogP contribution < -0.4 is 10.1 Å². The third kappa shape index (κ3) is 3.98. The zero-order chi connectivity index (χ0) is 13.4. The molecule has 18 heavy (non-hydrogen) atoms. The molecular formula is C13H16N2O3. The SMILES string of the molecule is COC(=O)CCCNc1ccc(C#N)cc1OC. The van der Waals surface area contributed by atoms with E-state index in [2.05, 4.69) is 10.1 Å². The highest BCUT2D eigenvalue weighted by molar-refractivity contribution is 5.69.